The van der Waals surface area contributed by atoms with E-state index < -0.39 is 0 Å². The maximum atomic E-state index is 4.38. The van der Waals surface area contributed by atoms with Crippen LogP contribution in [0.5, 0.6) is 0 Å². The first-order valence-electron chi connectivity index (χ1n) is 6.34. The van der Waals surface area contributed by atoms with Crippen molar-refractivity contribution in [1.82, 2.24) is 15.3 Å². The van der Waals surface area contributed by atoms with Crippen molar-refractivity contribution >= 4 is 17.3 Å². The van der Waals surface area contributed by atoms with E-state index in [-0.39, 0.29) is 0 Å². The second kappa shape index (κ2) is 6.70. The monoisotopic (exact) mass is 257 g/mol. The highest BCUT2D eigenvalue weighted by Gasteiger charge is 2.01. The van der Waals surface area contributed by atoms with Gasteiger partial charge in [0.2, 0.25) is 0 Å². The third kappa shape index (κ3) is 4.22. The van der Waals surface area contributed by atoms with Gasteiger partial charge in [-0.1, -0.05) is 18.2 Å². The molecule has 0 atom stereocenters. The Morgan fingerprint density at radius 1 is 1.00 bits per heavy atom. The van der Waals surface area contributed by atoms with Crippen LogP contribution < -0.4 is 16.0 Å². The lowest BCUT2D eigenvalue weighted by Crippen LogP contribution is -2.18. The summed E-state index contributed by atoms with van der Waals surface area (Å²) in [7, 11) is 1.93. The van der Waals surface area contributed by atoms with Gasteiger partial charge in [-0.15, -0.1) is 0 Å². The minimum Gasteiger partial charge on any atom is -0.369 e. The van der Waals surface area contributed by atoms with Crippen molar-refractivity contribution in [3.05, 3.63) is 42.2 Å². The number of benzene rings is 1. The van der Waals surface area contributed by atoms with E-state index in [1.165, 1.54) is 0 Å². The molecule has 3 N–H and O–H groups in total. The average Bonchev–Trinajstić information content (AvgIpc) is 2.39. The van der Waals surface area contributed by atoms with Crippen LogP contribution in [-0.4, -0.2) is 30.1 Å². The van der Waals surface area contributed by atoms with Gasteiger partial charge in [-0.05, 0) is 26.1 Å². The molecular formula is C14H19N5. The van der Waals surface area contributed by atoms with E-state index in [9.17, 15) is 0 Å². The molecule has 0 aliphatic carbocycles. The van der Waals surface area contributed by atoms with Gasteiger partial charge in [-0.25, -0.2) is 9.97 Å². The minimum absolute atomic E-state index is 0.743. The number of likely N-dealkylation sites (N-methyl/N-ethyl adjacent to an activating group) is 1. The predicted octanol–water partition coefficient (Wildman–Crippen LogP) is 2.16. The van der Waals surface area contributed by atoms with Gasteiger partial charge >= 0.3 is 0 Å². The van der Waals surface area contributed by atoms with Gasteiger partial charge in [0.1, 0.15) is 17.5 Å². The lowest BCUT2D eigenvalue weighted by Gasteiger charge is -2.10. The Morgan fingerprint density at radius 3 is 2.47 bits per heavy atom. The van der Waals surface area contributed by atoms with Gasteiger partial charge < -0.3 is 16.0 Å². The molecule has 19 heavy (non-hydrogen) atoms. The highest BCUT2D eigenvalue weighted by molar-refractivity contribution is 5.58. The Bertz CT molecular complexity index is 512. The van der Waals surface area contributed by atoms with Crippen molar-refractivity contribution in [1.29, 1.82) is 0 Å². The standard InChI is InChI=1S/C14H19N5/c1-11-17-13(16-9-8-15-2)10-14(18-11)19-12-6-4-3-5-7-12/h3-7,10,15H,8-9H2,1-2H3,(H2,16,17,18,19). The van der Waals surface area contributed by atoms with Crippen molar-refractivity contribution < 1.29 is 0 Å². The summed E-state index contributed by atoms with van der Waals surface area (Å²) in [6.45, 7) is 3.61. The van der Waals surface area contributed by atoms with E-state index >= 15 is 0 Å². The number of para-hydroxylation sites is 1. The summed E-state index contributed by atoms with van der Waals surface area (Å²) in [5.74, 6) is 2.37. The van der Waals surface area contributed by atoms with Crippen molar-refractivity contribution in [2.75, 3.05) is 30.8 Å². The largest absolute Gasteiger partial charge is 0.369 e. The second-order valence-electron chi connectivity index (χ2n) is 4.21. The maximum absolute atomic E-state index is 4.38. The molecule has 0 unspecified atom stereocenters. The summed E-state index contributed by atoms with van der Waals surface area (Å²) < 4.78 is 0. The van der Waals surface area contributed by atoms with Gasteiger partial charge in [0, 0.05) is 24.8 Å². The zero-order chi connectivity index (χ0) is 13.5. The summed E-state index contributed by atoms with van der Waals surface area (Å²) in [5.41, 5.74) is 1.02. The summed E-state index contributed by atoms with van der Waals surface area (Å²) >= 11 is 0. The lowest BCUT2D eigenvalue weighted by atomic mass is 10.3. The van der Waals surface area contributed by atoms with Gasteiger partial charge in [-0.3, -0.25) is 0 Å². The van der Waals surface area contributed by atoms with Crippen LogP contribution >= 0.6 is 0 Å². The second-order valence-corrected chi connectivity index (χ2v) is 4.21. The van der Waals surface area contributed by atoms with Crippen LogP contribution in [0, 0.1) is 6.92 Å². The van der Waals surface area contributed by atoms with Gasteiger partial charge in [0.05, 0.1) is 0 Å². The number of hydrogen-bond acceptors (Lipinski definition) is 5. The average molecular weight is 257 g/mol. The molecule has 2 aromatic rings. The van der Waals surface area contributed by atoms with E-state index in [0.717, 1.165) is 36.2 Å². The fraction of sp³-hybridized carbons (Fsp3) is 0.286. The lowest BCUT2D eigenvalue weighted by molar-refractivity contribution is 0.820. The molecule has 0 bridgehead atoms. The summed E-state index contributed by atoms with van der Waals surface area (Å²) in [6, 6.07) is 11.9. The molecule has 0 saturated heterocycles. The van der Waals surface area contributed by atoms with Crippen LogP contribution in [0.15, 0.2) is 36.4 Å². The molecule has 1 aromatic heterocycles. The van der Waals surface area contributed by atoms with Crippen molar-refractivity contribution in [3.63, 3.8) is 0 Å². The highest BCUT2D eigenvalue weighted by atomic mass is 15.1. The quantitative estimate of drug-likeness (QED) is 0.692. The number of nitrogens with one attached hydrogen (secondary N) is 3. The zero-order valence-electron chi connectivity index (χ0n) is 11.3. The van der Waals surface area contributed by atoms with Gasteiger partial charge in [0.15, 0.2) is 0 Å². The number of aromatic nitrogens is 2. The van der Waals surface area contributed by atoms with E-state index in [4.69, 9.17) is 0 Å². The topological polar surface area (TPSA) is 61.9 Å². The third-order valence-corrected chi connectivity index (χ3v) is 2.57. The zero-order valence-corrected chi connectivity index (χ0v) is 11.3. The molecule has 5 nitrogen and oxygen atoms in total. The number of nitrogens with zero attached hydrogens (tertiary/aromatic N) is 2. The van der Waals surface area contributed by atoms with Crippen molar-refractivity contribution in [3.8, 4) is 0 Å². The maximum Gasteiger partial charge on any atom is 0.136 e. The number of rotatable bonds is 6. The summed E-state index contributed by atoms with van der Waals surface area (Å²) in [6.07, 6.45) is 0. The Kier molecular flexibility index (Phi) is 4.69. The van der Waals surface area contributed by atoms with Crippen LogP contribution in [0.4, 0.5) is 17.3 Å². The minimum atomic E-state index is 0.743. The van der Waals surface area contributed by atoms with Gasteiger partial charge in [0.25, 0.3) is 0 Å². The van der Waals surface area contributed by atoms with E-state index in [1.807, 2.05) is 50.4 Å². The fourth-order valence-electron chi connectivity index (χ4n) is 1.71. The first-order valence-corrected chi connectivity index (χ1v) is 6.34. The first-order chi connectivity index (χ1) is 9.28. The smallest absolute Gasteiger partial charge is 0.136 e. The SMILES string of the molecule is CNCCNc1cc(Nc2ccccc2)nc(C)n1. The number of hydrogen-bond donors (Lipinski definition) is 3. The molecule has 0 amide bonds. The molecule has 2 rings (SSSR count). The molecule has 0 fully saturated rings. The molecule has 1 aromatic carbocycles. The Hall–Kier alpha value is -2.14. The summed E-state index contributed by atoms with van der Waals surface area (Å²) in [4.78, 5) is 8.74. The molecule has 100 valence electrons. The first kappa shape index (κ1) is 13.3. The predicted molar refractivity (Wildman–Crippen MR) is 78.9 cm³/mol. The molecular weight excluding hydrogens is 238 g/mol. The Labute approximate surface area is 113 Å². The molecule has 5 heteroatoms. The highest BCUT2D eigenvalue weighted by Crippen LogP contribution is 2.16. The van der Waals surface area contributed by atoms with Crippen molar-refractivity contribution in [2.45, 2.75) is 6.92 Å². The van der Waals surface area contributed by atoms with Crippen LogP contribution in [0.2, 0.25) is 0 Å². The van der Waals surface area contributed by atoms with E-state index in [1.54, 1.807) is 0 Å². The van der Waals surface area contributed by atoms with Crippen LogP contribution in [0.1, 0.15) is 5.82 Å². The summed E-state index contributed by atoms with van der Waals surface area (Å²) in [5, 5.41) is 9.61. The molecule has 0 saturated carbocycles. The Morgan fingerprint density at radius 2 is 1.74 bits per heavy atom. The molecule has 0 spiro atoms. The molecule has 0 radical (unpaired) electrons. The Balaban J connectivity index is 2.08. The van der Waals surface area contributed by atoms with Gasteiger partial charge in [-0.2, -0.15) is 0 Å². The van der Waals surface area contributed by atoms with E-state index in [2.05, 4.69) is 25.9 Å². The molecule has 1 heterocycles. The van der Waals surface area contributed by atoms with Crippen LogP contribution in [-0.2, 0) is 0 Å². The van der Waals surface area contributed by atoms with Crippen molar-refractivity contribution in [2.24, 2.45) is 0 Å². The molecule has 0 aliphatic heterocycles. The fourth-order valence-corrected chi connectivity index (χ4v) is 1.71. The van der Waals surface area contributed by atoms with Crippen LogP contribution in [0.25, 0.3) is 0 Å². The third-order valence-electron chi connectivity index (χ3n) is 2.57. The normalized spacial score (nSPS) is 10.2. The number of anilines is 3. The molecule has 0 aliphatic rings. The van der Waals surface area contributed by atoms with E-state index in [0.29, 0.717) is 0 Å². The number of aryl methyl sites for hydroxylation is 1. The van der Waals surface area contributed by atoms with Crippen LogP contribution in [0.3, 0.4) is 0 Å².